The molecule has 28 rings (SSSR count). The Labute approximate surface area is 842 Å². The van der Waals surface area contributed by atoms with Crippen LogP contribution in [0.25, 0.3) is 170 Å². The second-order valence-corrected chi connectivity index (χ2v) is 36.2. The van der Waals surface area contributed by atoms with Crippen LogP contribution in [0.1, 0.15) is 0 Å². The summed E-state index contributed by atoms with van der Waals surface area (Å²) in [5.41, 5.74) is 32.2. The van der Waals surface area contributed by atoms with Crippen LogP contribution in [0.2, 0.25) is 1.41 Å². The first-order valence-electron chi connectivity index (χ1n) is 49.3. The molecule has 0 aliphatic carbocycles. The van der Waals surface area contributed by atoms with E-state index in [1.807, 2.05) is 24.3 Å². The number of nitrogens with zero attached hydrogens (tertiary/aromatic N) is 7. The lowest BCUT2D eigenvalue weighted by atomic mass is 10.0. The van der Waals surface area contributed by atoms with Gasteiger partial charge >= 0.3 is 0 Å². The first kappa shape index (κ1) is 86.2. The molecule has 23 aromatic carbocycles. The molecule has 0 aliphatic rings. The van der Waals surface area contributed by atoms with Gasteiger partial charge in [0, 0.05) is 139 Å². The molecule has 0 bridgehead atoms. The Balaban J connectivity index is 0.000000116. The number of hydrogen-bond acceptors (Lipinski definition) is 7. The Bertz CT molecular complexity index is 9270. The Kier molecular flexibility index (Phi) is 22.7. The topological polar surface area (TPSA) is 77.9 Å². The molecule has 0 aliphatic heterocycles. The first-order valence-corrected chi connectivity index (χ1v) is 49.3. The molecule has 0 unspecified atom stereocenters. The summed E-state index contributed by atoms with van der Waals surface area (Å²) < 4.78 is 25.3. The summed E-state index contributed by atoms with van der Waals surface area (Å²) in [6.07, 6.45) is 0. The predicted molar refractivity (Wildman–Crippen MR) is 613 cm³/mol. The molecule has 0 saturated carbocycles. The summed E-state index contributed by atoms with van der Waals surface area (Å²) in [5, 5.41) is 19.2. The van der Waals surface area contributed by atoms with E-state index in [1.165, 1.54) is 87.1 Å². The molecule has 10 nitrogen and oxygen atoms in total. The van der Waals surface area contributed by atoms with Crippen LogP contribution in [-0.4, -0.2) is 13.7 Å². The second-order valence-electron chi connectivity index (χ2n) is 36.2. The third-order valence-corrected chi connectivity index (χ3v) is 27.9. The first-order chi connectivity index (χ1) is 72.4. The van der Waals surface area contributed by atoms with Crippen LogP contribution in [0.5, 0.6) is 0 Å². The molecule has 28 aromatic rings. The molecule has 0 amide bonds. The van der Waals surface area contributed by atoms with Crippen molar-refractivity contribution in [3.63, 3.8) is 0 Å². The summed E-state index contributed by atoms with van der Waals surface area (Å²) in [7, 11) is 2.48. The van der Waals surface area contributed by atoms with E-state index in [9.17, 15) is 0 Å². The molecular weight excluding hydrogens is 1780 g/mol. The van der Waals surface area contributed by atoms with E-state index in [-0.39, 0.29) is 0 Å². The van der Waals surface area contributed by atoms with Crippen LogP contribution in [0.4, 0.5) is 68.2 Å². The van der Waals surface area contributed by atoms with Crippen LogP contribution < -0.4 is 19.6 Å². The Morgan fingerprint density at radius 2 is 0.441 bits per heavy atom. The largest absolute Gasteiger partial charge is 0.456 e. The fraction of sp³-hybridized carbons (Fsp3) is 0. The molecule has 0 spiro atoms. The highest BCUT2D eigenvalue weighted by Crippen LogP contribution is 2.49. The van der Waals surface area contributed by atoms with Gasteiger partial charge < -0.3 is 42.1 Å². The lowest BCUT2D eigenvalue weighted by Gasteiger charge is -2.27. The molecular formula is C134H93N8O2P. The van der Waals surface area contributed by atoms with Crippen LogP contribution >= 0.6 is 9.03 Å². The standard InChI is InChI=1S/C54H33N3O2.C44H32N2.C36H26N2.H2NP/c1-2-12-34(13-3-1)55(35-22-26-49-43(30-35)39-14-4-8-18-47(39)56(49)37-24-28-53-45(32-37)41-16-6-10-20-51(41)58-53)36-23-27-50-44(31-36)40-15-5-9-19-48(40)57(50)38-25-29-54-46(33-38)42-17-7-11-21-52(42)59-54;1-3-17-37(18-4-1)45(43-23-11-15-35-13-7-9-21-41(35)43)39-29-25-33(26-30-39)34-27-31-40(32-28-34)46(38-19-5-2-6-20-38)44-24-12-16-36-14-8-10-22-42(36)44;1-4-12-27(13-5-1)28-20-22-31(23-21-28)37(29-14-6-2-7-15-29)32-24-25-34-33-18-10-11-19-35(33)38(36(34)26-32)30-16-8-3-9-17-30;1-2/h1-33H;1-32H;1-26H;1-2H/i/hD. The van der Waals surface area contributed by atoms with E-state index in [0.717, 1.165) is 151 Å². The molecule has 145 heavy (non-hydrogen) atoms. The quantitative estimate of drug-likeness (QED) is 0.0916. The monoisotopic (exact) mass is 1880 g/mol. The van der Waals surface area contributed by atoms with Crippen LogP contribution in [0.3, 0.4) is 0 Å². The average Bonchev–Trinajstić information content (AvgIpc) is 1.59. The minimum Gasteiger partial charge on any atom is -0.456 e. The van der Waals surface area contributed by atoms with Crippen molar-refractivity contribution in [1.82, 2.24) is 13.7 Å². The van der Waals surface area contributed by atoms with Crippen molar-refractivity contribution < 1.29 is 10.2 Å². The minimum atomic E-state index is 0.893. The summed E-state index contributed by atoms with van der Waals surface area (Å²) in [6, 6.07) is 197. The number of nitrogens with one attached hydrogen (secondary N) is 1. The van der Waals surface area contributed by atoms with E-state index >= 15 is 0 Å². The summed E-state index contributed by atoms with van der Waals surface area (Å²) in [6.45, 7) is 0. The van der Waals surface area contributed by atoms with E-state index in [0.29, 0.717) is 0 Å². The van der Waals surface area contributed by atoms with E-state index in [1.54, 1.807) is 0 Å². The highest BCUT2D eigenvalue weighted by atomic mass is 31.0. The van der Waals surface area contributed by atoms with Crippen molar-refractivity contribution in [3.05, 3.63) is 552 Å². The Morgan fingerprint density at radius 1 is 0.172 bits per heavy atom. The van der Waals surface area contributed by atoms with Crippen molar-refractivity contribution in [2.75, 3.05) is 19.6 Å². The van der Waals surface area contributed by atoms with Crippen LogP contribution in [-0.2, 0) is 0 Å². The smallest absolute Gasteiger partial charge is 0.192 e. The lowest BCUT2D eigenvalue weighted by Crippen LogP contribution is -2.10. The number of aromatic nitrogens is 3. The van der Waals surface area contributed by atoms with Gasteiger partial charge in [-0.1, -0.05) is 328 Å². The van der Waals surface area contributed by atoms with Gasteiger partial charge in [0.25, 0.3) is 0 Å². The molecule has 11 heteroatoms. The van der Waals surface area contributed by atoms with Crippen LogP contribution in [0.15, 0.2) is 561 Å². The molecule has 0 radical (unpaired) electrons. The number of fused-ring (bicyclic) bond motifs is 17. The molecule has 0 atom stereocenters. The number of rotatable bonds is 17. The van der Waals surface area contributed by atoms with Gasteiger partial charge in [0.1, 0.15) is 22.3 Å². The third kappa shape index (κ3) is 16.2. The maximum atomic E-state index is 6.21. The Hall–Kier alpha value is -19.1. The van der Waals surface area contributed by atoms with E-state index < -0.39 is 0 Å². The van der Waals surface area contributed by atoms with Gasteiger partial charge in [0.2, 0.25) is 0 Å². The number of benzene rings is 23. The van der Waals surface area contributed by atoms with Crippen LogP contribution in [0, 0.1) is 5.15 Å². The molecule has 0 fully saturated rings. The fourth-order valence-electron chi connectivity index (χ4n) is 21.3. The minimum absolute atomic E-state index is 0.893. The highest BCUT2D eigenvalue weighted by Gasteiger charge is 2.26. The second kappa shape index (κ2) is 38.2. The average molecular weight is 1880 g/mol. The van der Waals surface area contributed by atoms with Gasteiger partial charge in [-0.2, -0.15) is 0 Å². The Morgan fingerprint density at radius 3 is 0.862 bits per heavy atom. The third-order valence-electron chi connectivity index (χ3n) is 27.9. The van der Waals surface area contributed by atoms with Gasteiger partial charge in [-0.3, -0.25) is 5.15 Å². The fourth-order valence-corrected chi connectivity index (χ4v) is 21.3. The molecule has 686 valence electrons. The van der Waals surface area contributed by atoms with Crippen molar-refractivity contribution >= 4 is 208 Å². The van der Waals surface area contributed by atoms with Gasteiger partial charge in [-0.25, -0.2) is 0 Å². The van der Waals surface area contributed by atoms with Crippen molar-refractivity contribution in [1.29, 1.82) is 5.15 Å². The summed E-state index contributed by atoms with van der Waals surface area (Å²) in [4.78, 5) is 9.40. The molecule has 1 N–H and O–H groups in total. The predicted octanol–water partition coefficient (Wildman–Crippen LogP) is 38.6. The van der Waals surface area contributed by atoms with Gasteiger partial charge in [0.05, 0.1) is 44.5 Å². The maximum absolute atomic E-state index is 6.21. The van der Waals surface area contributed by atoms with Crippen molar-refractivity contribution in [2.45, 2.75) is 0 Å². The molecule has 0 saturated heterocycles. The summed E-state index contributed by atoms with van der Waals surface area (Å²) in [5.74, 6) is 0. The zero-order chi connectivity index (χ0) is 97.3. The maximum Gasteiger partial charge on any atom is 0.192 e. The van der Waals surface area contributed by atoms with E-state index in [2.05, 4.69) is 575 Å². The van der Waals surface area contributed by atoms with Gasteiger partial charge in [0.15, 0.2) is 1.41 Å². The zero-order valence-corrected chi connectivity index (χ0v) is 79.9. The number of anilines is 12. The lowest BCUT2D eigenvalue weighted by molar-refractivity contribution is 0.668. The van der Waals surface area contributed by atoms with E-state index in [4.69, 9.17) is 10.2 Å². The highest BCUT2D eigenvalue weighted by molar-refractivity contribution is 7.02. The molecule has 5 heterocycles. The normalized spacial score (nSPS) is 11.4. The summed E-state index contributed by atoms with van der Waals surface area (Å²) >= 11 is 0. The van der Waals surface area contributed by atoms with Crippen molar-refractivity contribution in [3.8, 4) is 39.3 Å². The number of para-hydroxylation sites is 10. The molecule has 5 aromatic heterocycles. The SMILES string of the molecule is [2H]N=P.c1ccc(-c2ccc(N(c3ccccc3)c3ccc4c5ccccc5n(-c5ccccc5)c4c3)cc2)cc1.c1ccc(N(c2ccc(-c3ccc(N(c4ccccc4)c4cccc5ccccc45)cc3)cc2)c2cccc3ccccc23)cc1.c1ccc(N(c2ccc3c(c2)c2ccccc2n3-c2ccc3oc4ccccc4c3c2)c2ccc3c(c2)c2ccccc2n3-c2ccc3oc4ccccc4c3c2)cc1. The zero-order valence-electron chi connectivity index (χ0n) is 79.9. The van der Waals surface area contributed by atoms with Crippen molar-refractivity contribution in [2.24, 2.45) is 0 Å². The number of furan rings is 2. The van der Waals surface area contributed by atoms with Gasteiger partial charge in [-0.05, 0) is 267 Å². The van der Waals surface area contributed by atoms with Gasteiger partial charge in [-0.15, -0.1) is 0 Å². The number of hydrogen-bond donors (Lipinski definition) is 1.